The van der Waals surface area contributed by atoms with Crippen LogP contribution in [0, 0.1) is 0 Å². The minimum absolute atomic E-state index is 0.0679. The second kappa shape index (κ2) is 5.49. The van der Waals surface area contributed by atoms with Gasteiger partial charge in [0.25, 0.3) is 0 Å². The fourth-order valence-corrected chi connectivity index (χ4v) is 1.80. The Balaban J connectivity index is 1.95. The molecule has 0 saturated heterocycles. The van der Waals surface area contributed by atoms with E-state index >= 15 is 0 Å². The average molecular weight is 244 g/mol. The number of aromatic nitrogens is 2. The van der Waals surface area contributed by atoms with Gasteiger partial charge in [0.15, 0.2) is 11.6 Å². The van der Waals surface area contributed by atoms with E-state index in [1.165, 1.54) is 0 Å². The van der Waals surface area contributed by atoms with Crippen LogP contribution in [0.1, 0.15) is 22.6 Å². The van der Waals surface area contributed by atoms with E-state index in [-0.39, 0.29) is 5.78 Å². The summed E-state index contributed by atoms with van der Waals surface area (Å²) in [6.07, 6.45) is 4.61. The first-order valence-electron chi connectivity index (χ1n) is 5.84. The van der Waals surface area contributed by atoms with Gasteiger partial charge in [-0.15, -0.1) is 0 Å². The molecular weight excluding hydrogens is 228 g/mol. The standard InChI is InChI=1S/C14H16N2O2/c1-16-10-9-15-14(16)13(17)8-5-11-3-6-12(18-2)7-4-11/h3-4,6-7,9-10H,5,8H2,1-2H3. The molecule has 0 amide bonds. The highest BCUT2D eigenvalue weighted by Gasteiger charge is 2.10. The van der Waals surface area contributed by atoms with E-state index in [0.29, 0.717) is 12.2 Å². The van der Waals surface area contributed by atoms with Crippen molar-refractivity contribution < 1.29 is 9.53 Å². The van der Waals surface area contributed by atoms with E-state index in [1.54, 1.807) is 24.1 Å². The van der Waals surface area contributed by atoms with Gasteiger partial charge in [-0.05, 0) is 24.1 Å². The summed E-state index contributed by atoms with van der Waals surface area (Å²) in [4.78, 5) is 16.0. The quantitative estimate of drug-likeness (QED) is 0.758. The van der Waals surface area contributed by atoms with Crippen LogP contribution in [0.3, 0.4) is 0 Å². The zero-order chi connectivity index (χ0) is 13.0. The number of carbonyl (C=O) groups excluding carboxylic acids is 1. The van der Waals surface area contributed by atoms with Crippen molar-refractivity contribution in [3.8, 4) is 5.75 Å². The highest BCUT2D eigenvalue weighted by Crippen LogP contribution is 2.13. The van der Waals surface area contributed by atoms with E-state index < -0.39 is 0 Å². The van der Waals surface area contributed by atoms with Crippen LogP contribution in [0.5, 0.6) is 5.75 Å². The van der Waals surface area contributed by atoms with Crippen LogP contribution < -0.4 is 4.74 Å². The molecular formula is C14H16N2O2. The van der Waals surface area contributed by atoms with E-state index in [2.05, 4.69) is 4.98 Å². The van der Waals surface area contributed by atoms with Gasteiger partial charge in [-0.1, -0.05) is 12.1 Å². The number of ketones is 1. The minimum atomic E-state index is 0.0679. The van der Waals surface area contributed by atoms with Gasteiger partial charge < -0.3 is 9.30 Å². The summed E-state index contributed by atoms with van der Waals surface area (Å²) in [6, 6.07) is 7.76. The van der Waals surface area contributed by atoms with E-state index in [0.717, 1.165) is 17.7 Å². The van der Waals surface area contributed by atoms with Crippen LogP contribution in [0.2, 0.25) is 0 Å². The topological polar surface area (TPSA) is 44.1 Å². The molecule has 18 heavy (non-hydrogen) atoms. The molecule has 0 N–H and O–H groups in total. The maximum Gasteiger partial charge on any atom is 0.198 e. The number of hydrogen-bond donors (Lipinski definition) is 0. The van der Waals surface area contributed by atoms with Crippen molar-refractivity contribution in [2.45, 2.75) is 12.8 Å². The summed E-state index contributed by atoms with van der Waals surface area (Å²) < 4.78 is 6.84. The third-order valence-corrected chi connectivity index (χ3v) is 2.87. The largest absolute Gasteiger partial charge is 0.497 e. The number of methoxy groups -OCH3 is 1. The minimum Gasteiger partial charge on any atom is -0.497 e. The lowest BCUT2D eigenvalue weighted by atomic mass is 10.1. The number of imidazole rings is 1. The van der Waals surface area contributed by atoms with Crippen LogP contribution in [0.25, 0.3) is 0 Å². The Hall–Kier alpha value is -2.10. The molecule has 1 heterocycles. The zero-order valence-corrected chi connectivity index (χ0v) is 10.6. The van der Waals surface area contributed by atoms with Crippen LogP contribution >= 0.6 is 0 Å². The zero-order valence-electron chi connectivity index (χ0n) is 10.6. The van der Waals surface area contributed by atoms with E-state index in [1.807, 2.05) is 31.3 Å². The molecule has 0 atom stereocenters. The van der Waals surface area contributed by atoms with Crippen LogP contribution in [0.15, 0.2) is 36.7 Å². The maximum absolute atomic E-state index is 11.9. The molecule has 1 aromatic heterocycles. The Bertz CT molecular complexity index is 529. The molecule has 2 aromatic rings. The maximum atomic E-state index is 11.9. The Morgan fingerprint density at radius 1 is 1.33 bits per heavy atom. The molecule has 0 unspecified atom stereocenters. The molecule has 0 spiro atoms. The first-order valence-corrected chi connectivity index (χ1v) is 5.84. The number of Topliss-reactive ketones (excluding diaryl/α,β-unsaturated/α-hetero) is 1. The van der Waals surface area contributed by atoms with Gasteiger partial charge in [0, 0.05) is 25.9 Å². The van der Waals surface area contributed by atoms with Crippen LogP contribution in [-0.4, -0.2) is 22.4 Å². The Labute approximate surface area is 106 Å². The fourth-order valence-electron chi connectivity index (χ4n) is 1.80. The second-order valence-electron chi connectivity index (χ2n) is 4.13. The summed E-state index contributed by atoms with van der Waals surface area (Å²) in [5.74, 6) is 1.41. The summed E-state index contributed by atoms with van der Waals surface area (Å²) in [6.45, 7) is 0. The number of carbonyl (C=O) groups is 1. The fraction of sp³-hybridized carbons (Fsp3) is 0.286. The molecule has 0 aliphatic rings. The molecule has 0 aliphatic carbocycles. The molecule has 2 rings (SSSR count). The molecule has 0 aliphatic heterocycles. The first kappa shape index (κ1) is 12.4. The van der Waals surface area contributed by atoms with E-state index in [4.69, 9.17) is 4.74 Å². The normalized spacial score (nSPS) is 10.3. The summed E-state index contributed by atoms with van der Waals surface area (Å²) in [7, 11) is 3.47. The van der Waals surface area contributed by atoms with Crippen molar-refractivity contribution >= 4 is 5.78 Å². The van der Waals surface area contributed by atoms with Gasteiger partial charge in [-0.3, -0.25) is 4.79 Å². The SMILES string of the molecule is COc1ccc(CCC(=O)c2nccn2C)cc1. The number of ether oxygens (including phenoxy) is 1. The third-order valence-electron chi connectivity index (χ3n) is 2.87. The van der Waals surface area contributed by atoms with Crippen LogP contribution in [0.4, 0.5) is 0 Å². The molecule has 94 valence electrons. The first-order chi connectivity index (χ1) is 8.70. The van der Waals surface area contributed by atoms with Crippen LogP contribution in [-0.2, 0) is 13.5 Å². The van der Waals surface area contributed by atoms with Crippen molar-refractivity contribution in [3.63, 3.8) is 0 Å². The third kappa shape index (κ3) is 2.77. The predicted octanol–water partition coefficient (Wildman–Crippen LogP) is 2.24. The average Bonchev–Trinajstić information content (AvgIpc) is 2.83. The molecule has 1 aromatic carbocycles. The highest BCUT2D eigenvalue weighted by molar-refractivity contribution is 5.92. The van der Waals surface area contributed by atoms with Gasteiger partial charge in [-0.25, -0.2) is 4.98 Å². The number of hydrogen-bond acceptors (Lipinski definition) is 3. The predicted molar refractivity (Wildman–Crippen MR) is 68.9 cm³/mol. The molecule has 4 heteroatoms. The Kier molecular flexibility index (Phi) is 3.77. The lowest BCUT2D eigenvalue weighted by Gasteiger charge is -2.03. The monoisotopic (exact) mass is 244 g/mol. The number of aryl methyl sites for hydroxylation is 2. The Morgan fingerprint density at radius 2 is 2.06 bits per heavy atom. The summed E-state index contributed by atoms with van der Waals surface area (Å²) in [5, 5.41) is 0. The number of benzene rings is 1. The van der Waals surface area contributed by atoms with Crippen molar-refractivity contribution in [1.82, 2.24) is 9.55 Å². The molecule has 4 nitrogen and oxygen atoms in total. The van der Waals surface area contributed by atoms with Gasteiger partial charge in [0.05, 0.1) is 7.11 Å². The number of rotatable bonds is 5. The second-order valence-corrected chi connectivity index (χ2v) is 4.13. The smallest absolute Gasteiger partial charge is 0.198 e. The Morgan fingerprint density at radius 3 is 2.61 bits per heavy atom. The van der Waals surface area contributed by atoms with Gasteiger partial charge in [0.1, 0.15) is 5.75 Å². The van der Waals surface area contributed by atoms with Crippen molar-refractivity contribution in [1.29, 1.82) is 0 Å². The molecule has 0 bridgehead atoms. The van der Waals surface area contributed by atoms with Crippen molar-refractivity contribution in [3.05, 3.63) is 48.0 Å². The molecule has 0 fully saturated rings. The lowest BCUT2D eigenvalue weighted by molar-refractivity contribution is 0.0970. The van der Waals surface area contributed by atoms with Gasteiger partial charge >= 0.3 is 0 Å². The van der Waals surface area contributed by atoms with Gasteiger partial charge in [-0.2, -0.15) is 0 Å². The summed E-state index contributed by atoms with van der Waals surface area (Å²) >= 11 is 0. The van der Waals surface area contributed by atoms with E-state index in [9.17, 15) is 4.79 Å². The molecule has 0 radical (unpaired) electrons. The van der Waals surface area contributed by atoms with Crippen molar-refractivity contribution in [2.24, 2.45) is 7.05 Å². The van der Waals surface area contributed by atoms with Crippen molar-refractivity contribution in [2.75, 3.05) is 7.11 Å². The summed E-state index contributed by atoms with van der Waals surface area (Å²) in [5.41, 5.74) is 1.12. The highest BCUT2D eigenvalue weighted by atomic mass is 16.5. The molecule has 0 saturated carbocycles. The number of nitrogens with zero attached hydrogens (tertiary/aromatic N) is 2. The lowest BCUT2D eigenvalue weighted by Crippen LogP contribution is -2.08. The van der Waals surface area contributed by atoms with Gasteiger partial charge in [0.2, 0.25) is 0 Å².